The molecule has 3 nitrogen and oxygen atoms in total. The van der Waals surface area contributed by atoms with E-state index < -0.39 is 0 Å². The molecule has 0 unspecified atom stereocenters. The number of nitrogens with zero attached hydrogens (tertiary/aromatic N) is 1. The van der Waals surface area contributed by atoms with Crippen molar-refractivity contribution < 1.29 is 0 Å². The highest BCUT2D eigenvalue weighted by Crippen LogP contribution is 2.08. The van der Waals surface area contributed by atoms with E-state index in [1.165, 1.54) is 4.88 Å². The van der Waals surface area contributed by atoms with Crippen molar-refractivity contribution >= 4 is 41.3 Å². The standard InChI is InChI=1S/C10H17N3S.HI/c1-8(2)13-10(11)12-6-5-9-4-3-7-14-9;/h3-4,7-8H,5-6H2,1-2H3,(H3,11,12,13);1H. The fraction of sp³-hybridized carbons (Fsp3) is 0.500. The van der Waals surface area contributed by atoms with Gasteiger partial charge < -0.3 is 11.1 Å². The number of nitrogens with two attached hydrogens (primary N) is 1. The van der Waals surface area contributed by atoms with E-state index >= 15 is 0 Å². The van der Waals surface area contributed by atoms with Crippen LogP contribution in [0.5, 0.6) is 0 Å². The summed E-state index contributed by atoms with van der Waals surface area (Å²) in [7, 11) is 0. The molecule has 86 valence electrons. The van der Waals surface area contributed by atoms with Gasteiger partial charge in [0.25, 0.3) is 0 Å². The molecule has 0 atom stereocenters. The zero-order chi connectivity index (χ0) is 10.4. The minimum Gasteiger partial charge on any atom is -0.370 e. The molecular weight excluding hydrogens is 321 g/mol. The van der Waals surface area contributed by atoms with Crippen molar-refractivity contribution in [2.24, 2.45) is 10.7 Å². The van der Waals surface area contributed by atoms with Crippen LogP contribution in [0, 0.1) is 0 Å². The van der Waals surface area contributed by atoms with Crippen LogP contribution in [0.3, 0.4) is 0 Å². The van der Waals surface area contributed by atoms with Gasteiger partial charge in [-0.2, -0.15) is 0 Å². The zero-order valence-electron chi connectivity index (χ0n) is 9.06. The van der Waals surface area contributed by atoms with E-state index in [1.807, 2.05) is 13.8 Å². The lowest BCUT2D eigenvalue weighted by atomic mass is 10.3. The fourth-order valence-electron chi connectivity index (χ4n) is 1.08. The Morgan fingerprint density at radius 1 is 1.60 bits per heavy atom. The average molecular weight is 339 g/mol. The fourth-order valence-corrected chi connectivity index (χ4v) is 1.78. The largest absolute Gasteiger partial charge is 0.370 e. The van der Waals surface area contributed by atoms with E-state index in [9.17, 15) is 0 Å². The molecule has 0 saturated heterocycles. The summed E-state index contributed by atoms with van der Waals surface area (Å²) in [6.45, 7) is 4.84. The molecule has 0 aliphatic rings. The Balaban J connectivity index is 0.00000196. The molecule has 15 heavy (non-hydrogen) atoms. The van der Waals surface area contributed by atoms with Crippen LogP contribution in [0.2, 0.25) is 0 Å². The van der Waals surface area contributed by atoms with Crippen LogP contribution in [0.4, 0.5) is 0 Å². The lowest BCUT2D eigenvalue weighted by Gasteiger charge is -2.07. The minimum atomic E-state index is 0. The van der Waals surface area contributed by atoms with Crippen LogP contribution in [0.15, 0.2) is 22.5 Å². The summed E-state index contributed by atoms with van der Waals surface area (Å²) in [5.74, 6) is 0.538. The molecule has 0 fully saturated rings. The van der Waals surface area contributed by atoms with Crippen molar-refractivity contribution in [3.05, 3.63) is 22.4 Å². The van der Waals surface area contributed by atoms with E-state index in [2.05, 4.69) is 27.8 Å². The number of guanidine groups is 1. The minimum absolute atomic E-state index is 0. The Morgan fingerprint density at radius 3 is 2.87 bits per heavy atom. The number of rotatable bonds is 4. The molecule has 3 N–H and O–H groups in total. The second-order valence-electron chi connectivity index (χ2n) is 3.40. The SMILES string of the molecule is CC(C)NC(N)=NCCc1cccs1.I. The Labute approximate surface area is 112 Å². The number of nitrogens with one attached hydrogen (secondary N) is 1. The van der Waals surface area contributed by atoms with Gasteiger partial charge in [0.1, 0.15) is 0 Å². The highest BCUT2D eigenvalue weighted by Gasteiger charge is 1.95. The number of hydrogen-bond donors (Lipinski definition) is 2. The normalized spacial score (nSPS) is 11.3. The molecule has 1 aromatic heterocycles. The molecule has 0 radical (unpaired) electrons. The smallest absolute Gasteiger partial charge is 0.188 e. The summed E-state index contributed by atoms with van der Waals surface area (Å²) in [6.07, 6.45) is 0.970. The van der Waals surface area contributed by atoms with Crippen molar-refractivity contribution in [2.75, 3.05) is 6.54 Å². The summed E-state index contributed by atoms with van der Waals surface area (Å²) >= 11 is 1.76. The highest BCUT2D eigenvalue weighted by atomic mass is 127. The van der Waals surface area contributed by atoms with Crippen molar-refractivity contribution in [3.8, 4) is 0 Å². The maximum absolute atomic E-state index is 5.66. The molecule has 0 aliphatic heterocycles. The van der Waals surface area contributed by atoms with Crippen LogP contribution in [-0.4, -0.2) is 18.5 Å². The molecule has 0 saturated carbocycles. The van der Waals surface area contributed by atoms with Crippen molar-refractivity contribution in [2.45, 2.75) is 26.3 Å². The first-order valence-corrected chi connectivity index (χ1v) is 5.65. The average Bonchev–Trinajstić information content (AvgIpc) is 2.55. The lowest BCUT2D eigenvalue weighted by molar-refractivity contribution is 0.723. The summed E-state index contributed by atoms with van der Waals surface area (Å²) in [5, 5.41) is 5.13. The van der Waals surface area contributed by atoms with Gasteiger partial charge in [0.15, 0.2) is 5.96 Å². The molecule has 5 heteroatoms. The second-order valence-corrected chi connectivity index (χ2v) is 4.43. The van der Waals surface area contributed by atoms with E-state index in [4.69, 9.17) is 5.73 Å². The molecule has 1 rings (SSSR count). The number of thiophene rings is 1. The number of hydrogen-bond acceptors (Lipinski definition) is 2. The van der Waals surface area contributed by atoms with Crippen LogP contribution in [0.1, 0.15) is 18.7 Å². The van der Waals surface area contributed by atoms with Crippen LogP contribution in [0.25, 0.3) is 0 Å². The van der Waals surface area contributed by atoms with Gasteiger partial charge in [-0.3, -0.25) is 4.99 Å². The Hall–Kier alpha value is -0.300. The molecular formula is C10H18IN3S. The first kappa shape index (κ1) is 14.7. The molecule has 0 amide bonds. The summed E-state index contributed by atoms with van der Waals surface area (Å²) in [4.78, 5) is 5.58. The van der Waals surface area contributed by atoms with E-state index in [1.54, 1.807) is 11.3 Å². The third-order valence-corrected chi connectivity index (χ3v) is 2.59. The van der Waals surface area contributed by atoms with Gasteiger partial charge in [-0.15, -0.1) is 35.3 Å². The first-order valence-electron chi connectivity index (χ1n) is 4.77. The third kappa shape index (κ3) is 6.72. The summed E-state index contributed by atoms with van der Waals surface area (Å²) in [5.41, 5.74) is 5.66. The van der Waals surface area contributed by atoms with Crippen molar-refractivity contribution in [1.82, 2.24) is 5.32 Å². The maximum Gasteiger partial charge on any atom is 0.188 e. The molecule has 0 aliphatic carbocycles. The predicted molar refractivity (Wildman–Crippen MR) is 78.2 cm³/mol. The van der Waals surface area contributed by atoms with Gasteiger partial charge >= 0.3 is 0 Å². The van der Waals surface area contributed by atoms with E-state index in [0.29, 0.717) is 12.0 Å². The van der Waals surface area contributed by atoms with Gasteiger partial charge in [0.05, 0.1) is 0 Å². The summed E-state index contributed by atoms with van der Waals surface area (Å²) < 4.78 is 0. The lowest BCUT2D eigenvalue weighted by Crippen LogP contribution is -2.36. The Bertz CT molecular complexity index is 283. The Kier molecular flexibility index (Phi) is 7.76. The number of halogens is 1. The predicted octanol–water partition coefficient (Wildman–Crippen LogP) is 2.22. The van der Waals surface area contributed by atoms with Crippen molar-refractivity contribution in [1.29, 1.82) is 0 Å². The topological polar surface area (TPSA) is 50.4 Å². The monoisotopic (exact) mass is 339 g/mol. The van der Waals surface area contributed by atoms with Crippen LogP contribution in [-0.2, 0) is 6.42 Å². The third-order valence-electron chi connectivity index (χ3n) is 1.66. The van der Waals surface area contributed by atoms with Gasteiger partial charge in [0.2, 0.25) is 0 Å². The number of aliphatic imine (C=N–C) groups is 1. The molecule has 0 aromatic carbocycles. The quantitative estimate of drug-likeness (QED) is 0.502. The van der Waals surface area contributed by atoms with Crippen LogP contribution < -0.4 is 11.1 Å². The van der Waals surface area contributed by atoms with Gasteiger partial charge in [0, 0.05) is 23.9 Å². The first-order chi connectivity index (χ1) is 6.68. The van der Waals surface area contributed by atoms with Gasteiger partial charge in [-0.1, -0.05) is 6.07 Å². The van der Waals surface area contributed by atoms with E-state index in [-0.39, 0.29) is 24.0 Å². The Morgan fingerprint density at radius 2 is 2.33 bits per heavy atom. The zero-order valence-corrected chi connectivity index (χ0v) is 12.2. The highest BCUT2D eigenvalue weighted by molar-refractivity contribution is 14.0. The maximum atomic E-state index is 5.66. The molecule has 0 bridgehead atoms. The van der Waals surface area contributed by atoms with Crippen molar-refractivity contribution in [3.63, 3.8) is 0 Å². The van der Waals surface area contributed by atoms with Gasteiger partial charge in [-0.05, 0) is 25.3 Å². The van der Waals surface area contributed by atoms with Gasteiger partial charge in [-0.25, -0.2) is 0 Å². The van der Waals surface area contributed by atoms with E-state index in [0.717, 1.165) is 13.0 Å². The second kappa shape index (κ2) is 7.92. The van der Waals surface area contributed by atoms with Crippen LogP contribution >= 0.6 is 35.3 Å². The molecule has 1 heterocycles. The molecule has 1 aromatic rings. The summed E-state index contributed by atoms with van der Waals surface area (Å²) in [6, 6.07) is 4.52. The molecule has 0 spiro atoms.